The fraction of sp³-hybridized carbons (Fsp3) is 0.615. The third-order valence-corrected chi connectivity index (χ3v) is 2.17. The van der Waals surface area contributed by atoms with Crippen LogP contribution < -0.4 is 16.0 Å². The van der Waals surface area contributed by atoms with E-state index in [2.05, 4.69) is 32.8 Å². The fourth-order valence-electron chi connectivity index (χ4n) is 1.44. The van der Waals surface area contributed by atoms with E-state index in [1.807, 2.05) is 20.8 Å². The van der Waals surface area contributed by atoms with Crippen LogP contribution in [0.1, 0.15) is 34.1 Å². The lowest BCUT2D eigenvalue weighted by Crippen LogP contribution is -2.43. The van der Waals surface area contributed by atoms with Gasteiger partial charge in [-0.1, -0.05) is 6.92 Å². The van der Waals surface area contributed by atoms with Crippen molar-refractivity contribution in [3.63, 3.8) is 0 Å². The molecule has 0 saturated carbocycles. The summed E-state index contributed by atoms with van der Waals surface area (Å²) in [6.07, 6.45) is 2.50. The van der Waals surface area contributed by atoms with E-state index >= 15 is 0 Å². The van der Waals surface area contributed by atoms with E-state index in [0.717, 1.165) is 18.8 Å². The molecule has 0 aliphatic carbocycles. The monoisotopic (exact) mass is 265 g/mol. The molecule has 19 heavy (non-hydrogen) atoms. The van der Waals surface area contributed by atoms with Crippen LogP contribution in [0.2, 0.25) is 0 Å². The molecule has 0 aliphatic heterocycles. The highest BCUT2D eigenvalue weighted by atomic mass is 16.2. The maximum atomic E-state index is 11.7. The van der Waals surface area contributed by atoms with Crippen molar-refractivity contribution in [2.75, 3.05) is 23.7 Å². The largest absolute Gasteiger partial charge is 0.370 e. The first-order chi connectivity index (χ1) is 8.90. The van der Waals surface area contributed by atoms with E-state index in [-0.39, 0.29) is 18.0 Å². The summed E-state index contributed by atoms with van der Waals surface area (Å²) in [6.45, 7) is 8.99. The number of anilines is 2. The van der Waals surface area contributed by atoms with Crippen molar-refractivity contribution in [1.82, 2.24) is 15.3 Å². The minimum absolute atomic E-state index is 0.0609. The zero-order chi connectivity index (χ0) is 14.3. The van der Waals surface area contributed by atoms with Crippen LogP contribution in [0.15, 0.2) is 12.4 Å². The van der Waals surface area contributed by atoms with Crippen molar-refractivity contribution in [2.45, 2.75) is 39.7 Å². The van der Waals surface area contributed by atoms with E-state index < -0.39 is 0 Å². The molecule has 1 aromatic rings. The Morgan fingerprint density at radius 2 is 1.84 bits per heavy atom. The van der Waals surface area contributed by atoms with Gasteiger partial charge in [0, 0.05) is 18.2 Å². The third kappa shape index (κ3) is 6.59. The lowest BCUT2D eigenvalue weighted by atomic mass is 10.1. The van der Waals surface area contributed by atoms with Crippen molar-refractivity contribution >= 4 is 17.5 Å². The highest BCUT2D eigenvalue weighted by molar-refractivity contribution is 5.81. The minimum Gasteiger partial charge on any atom is -0.370 e. The molecule has 1 heterocycles. The van der Waals surface area contributed by atoms with Gasteiger partial charge in [0.2, 0.25) is 5.91 Å². The molecule has 1 amide bonds. The summed E-state index contributed by atoms with van der Waals surface area (Å²) in [6, 6.07) is 1.79. The summed E-state index contributed by atoms with van der Waals surface area (Å²) in [5, 5.41) is 9.03. The summed E-state index contributed by atoms with van der Waals surface area (Å²) in [5.74, 6) is 1.34. The summed E-state index contributed by atoms with van der Waals surface area (Å²) in [4.78, 5) is 19.8. The number of amides is 1. The molecule has 0 radical (unpaired) electrons. The highest BCUT2D eigenvalue weighted by Gasteiger charge is 2.13. The van der Waals surface area contributed by atoms with E-state index in [1.54, 1.807) is 6.07 Å². The van der Waals surface area contributed by atoms with Crippen LogP contribution in [0.3, 0.4) is 0 Å². The van der Waals surface area contributed by atoms with Crippen molar-refractivity contribution in [1.29, 1.82) is 0 Å². The van der Waals surface area contributed by atoms with Crippen molar-refractivity contribution < 1.29 is 4.79 Å². The van der Waals surface area contributed by atoms with E-state index in [0.29, 0.717) is 5.82 Å². The Labute approximate surface area is 114 Å². The van der Waals surface area contributed by atoms with Gasteiger partial charge in [0.15, 0.2) is 0 Å². The predicted octanol–water partition coefficient (Wildman–Crippen LogP) is 1.63. The number of nitrogens with zero attached hydrogens (tertiary/aromatic N) is 2. The quantitative estimate of drug-likeness (QED) is 0.728. The number of carbonyl (C=O) groups excluding carboxylic acids is 1. The van der Waals surface area contributed by atoms with Crippen molar-refractivity contribution in [3.8, 4) is 0 Å². The van der Waals surface area contributed by atoms with Gasteiger partial charge in [-0.3, -0.25) is 4.79 Å². The molecular weight excluding hydrogens is 242 g/mol. The Morgan fingerprint density at radius 1 is 1.21 bits per heavy atom. The minimum atomic E-state index is -0.224. The molecule has 3 N–H and O–H groups in total. The van der Waals surface area contributed by atoms with Crippen LogP contribution >= 0.6 is 0 Å². The number of aromatic nitrogens is 2. The molecule has 1 rings (SSSR count). The molecule has 1 aromatic heterocycles. The Hall–Kier alpha value is -1.85. The maximum absolute atomic E-state index is 11.7. The lowest BCUT2D eigenvalue weighted by Gasteiger charge is -2.20. The van der Waals surface area contributed by atoms with Crippen LogP contribution in [0.5, 0.6) is 0 Å². The fourth-order valence-corrected chi connectivity index (χ4v) is 1.44. The number of carbonyl (C=O) groups is 1. The Balaban J connectivity index is 2.46. The van der Waals surface area contributed by atoms with Gasteiger partial charge in [-0.25, -0.2) is 9.97 Å². The van der Waals surface area contributed by atoms with E-state index in [9.17, 15) is 4.79 Å². The second-order valence-corrected chi connectivity index (χ2v) is 5.37. The van der Waals surface area contributed by atoms with Crippen molar-refractivity contribution in [2.24, 2.45) is 0 Å². The second-order valence-electron chi connectivity index (χ2n) is 5.37. The van der Waals surface area contributed by atoms with Gasteiger partial charge in [0.1, 0.15) is 18.0 Å². The second kappa shape index (κ2) is 6.92. The number of rotatable bonds is 6. The molecule has 0 fully saturated rings. The van der Waals surface area contributed by atoms with Gasteiger partial charge in [0.25, 0.3) is 0 Å². The molecule has 0 bridgehead atoms. The SMILES string of the molecule is CCCNc1cc(NCC(=O)NC(C)(C)C)ncn1. The zero-order valence-electron chi connectivity index (χ0n) is 12.1. The molecule has 0 unspecified atom stereocenters. The Bertz CT molecular complexity index is 414. The summed E-state index contributed by atoms with van der Waals surface area (Å²) in [5.41, 5.74) is -0.224. The Kier molecular flexibility index (Phi) is 5.54. The van der Waals surface area contributed by atoms with Gasteiger partial charge in [-0.05, 0) is 27.2 Å². The topological polar surface area (TPSA) is 78.9 Å². The third-order valence-electron chi connectivity index (χ3n) is 2.17. The first-order valence-electron chi connectivity index (χ1n) is 6.51. The lowest BCUT2D eigenvalue weighted by molar-refractivity contribution is -0.120. The molecule has 0 saturated heterocycles. The normalized spacial score (nSPS) is 10.9. The smallest absolute Gasteiger partial charge is 0.239 e. The van der Waals surface area contributed by atoms with Crippen LogP contribution in [0, 0.1) is 0 Å². The molecule has 0 atom stereocenters. The summed E-state index contributed by atoms with van der Waals surface area (Å²) in [7, 11) is 0. The van der Waals surface area contributed by atoms with Crippen LogP contribution in [0.25, 0.3) is 0 Å². The molecule has 106 valence electrons. The number of hydrogen-bond donors (Lipinski definition) is 3. The van der Waals surface area contributed by atoms with Gasteiger partial charge >= 0.3 is 0 Å². The molecule has 6 nitrogen and oxygen atoms in total. The molecule has 0 aliphatic rings. The number of hydrogen-bond acceptors (Lipinski definition) is 5. The Morgan fingerprint density at radius 3 is 2.42 bits per heavy atom. The van der Waals surface area contributed by atoms with Gasteiger partial charge in [0.05, 0.1) is 6.54 Å². The molecule has 0 spiro atoms. The van der Waals surface area contributed by atoms with E-state index in [1.165, 1.54) is 6.33 Å². The predicted molar refractivity (Wildman–Crippen MR) is 77.2 cm³/mol. The first-order valence-corrected chi connectivity index (χ1v) is 6.51. The summed E-state index contributed by atoms with van der Waals surface area (Å²) < 4.78 is 0. The maximum Gasteiger partial charge on any atom is 0.239 e. The molecule has 0 aromatic carbocycles. The van der Waals surface area contributed by atoms with Gasteiger partial charge in [-0.2, -0.15) is 0 Å². The van der Waals surface area contributed by atoms with Crippen LogP contribution in [-0.4, -0.2) is 34.5 Å². The van der Waals surface area contributed by atoms with Crippen LogP contribution in [0.4, 0.5) is 11.6 Å². The summed E-state index contributed by atoms with van der Waals surface area (Å²) >= 11 is 0. The average molecular weight is 265 g/mol. The van der Waals surface area contributed by atoms with E-state index in [4.69, 9.17) is 0 Å². The first kappa shape index (κ1) is 15.2. The highest BCUT2D eigenvalue weighted by Crippen LogP contribution is 2.08. The molecular formula is C13H23N5O. The van der Waals surface area contributed by atoms with Crippen LogP contribution in [-0.2, 0) is 4.79 Å². The number of nitrogens with one attached hydrogen (secondary N) is 3. The molecule has 6 heteroatoms. The van der Waals surface area contributed by atoms with Gasteiger partial charge < -0.3 is 16.0 Å². The average Bonchev–Trinajstić information content (AvgIpc) is 2.32. The zero-order valence-corrected chi connectivity index (χ0v) is 12.1. The standard InChI is InChI=1S/C13H23N5O/c1-5-6-14-10-7-11(17-9-16-10)15-8-12(19)18-13(2,3)4/h7,9H,5-6,8H2,1-4H3,(H,18,19)(H2,14,15,16,17). The van der Waals surface area contributed by atoms with Gasteiger partial charge in [-0.15, -0.1) is 0 Å². The van der Waals surface area contributed by atoms with Crippen molar-refractivity contribution in [3.05, 3.63) is 12.4 Å².